The molecule has 1 rings (SSSR count). The molecule has 0 aliphatic carbocycles. The molecule has 1 aromatic carbocycles. The van der Waals surface area contributed by atoms with Crippen LogP contribution in [0.4, 0.5) is 0 Å². The van der Waals surface area contributed by atoms with Crippen molar-refractivity contribution in [1.82, 2.24) is 10.6 Å². The van der Waals surface area contributed by atoms with Gasteiger partial charge in [-0.3, -0.25) is 9.59 Å². The van der Waals surface area contributed by atoms with Crippen molar-refractivity contribution in [3.8, 4) is 11.5 Å². The minimum Gasteiger partial charge on any atom is -0.493 e. The van der Waals surface area contributed by atoms with Crippen LogP contribution >= 0.6 is 0 Å². The fraction of sp³-hybridized carbons (Fsp3) is 0.412. The summed E-state index contributed by atoms with van der Waals surface area (Å²) in [5.41, 5.74) is 0.460. The normalized spacial score (nSPS) is 11.7. The summed E-state index contributed by atoms with van der Waals surface area (Å²) in [6, 6.07) is 5.23. The van der Waals surface area contributed by atoms with Gasteiger partial charge in [0.25, 0.3) is 5.91 Å². The summed E-state index contributed by atoms with van der Waals surface area (Å²) < 4.78 is 10.4. The van der Waals surface area contributed by atoms with Crippen LogP contribution in [0.3, 0.4) is 0 Å². The van der Waals surface area contributed by atoms with Crippen LogP contribution in [0, 0.1) is 0 Å². The highest BCUT2D eigenvalue weighted by Gasteiger charge is 2.18. The highest BCUT2D eigenvalue weighted by molar-refractivity contribution is 6.01. The van der Waals surface area contributed by atoms with Crippen LogP contribution in [0.2, 0.25) is 0 Å². The predicted molar refractivity (Wildman–Crippen MR) is 89.2 cm³/mol. The number of methoxy groups -OCH3 is 2. The third kappa shape index (κ3) is 6.02. The molecular weight excluding hydrogens is 296 g/mol. The monoisotopic (exact) mass is 320 g/mol. The van der Waals surface area contributed by atoms with E-state index in [1.807, 2.05) is 20.8 Å². The summed E-state index contributed by atoms with van der Waals surface area (Å²) in [5.74, 6) is 0.452. The van der Waals surface area contributed by atoms with Crippen LogP contribution in [-0.4, -0.2) is 31.6 Å². The second kappa shape index (κ2) is 7.67. The van der Waals surface area contributed by atoms with Crippen molar-refractivity contribution >= 4 is 17.9 Å². The van der Waals surface area contributed by atoms with Crippen LogP contribution in [0.25, 0.3) is 6.08 Å². The minimum atomic E-state index is -0.410. The quantitative estimate of drug-likeness (QED) is 0.815. The molecular formula is C17H24N2O4. The lowest BCUT2D eigenvalue weighted by atomic mass is 10.1. The first-order valence-corrected chi connectivity index (χ1v) is 7.20. The molecule has 2 amide bonds. The van der Waals surface area contributed by atoms with Gasteiger partial charge < -0.3 is 20.1 Å². The molecule has 0 aliphatic heterocycles. The number of hydrogen-bond donors (Lipinski definition) is 2. The topological polar surface area (TPSA) is 76.7 Å². The molecule has 0 atom stereocenters. The zero-order valence-corrected chi connectivity index (χ0v) is 14.4. The minimum absolute atomic E-state index is 0.166. The van der Waals surface area contributed by atoms with E-state index in [9.17, 15) is 9.59 Å². The summed E-state index contributed by atoms with van der Waals surface area (Å²) >= 11 is 0. The first-order valence-electron chi connectivity index (χ1n) is 7.20. The van der Waals surface area contributed by atoms with Crippen LogP contribution in [-0.2, 0) is 9.59 Å². The molecule has 6 heteroatoms. The Bertz CT molecular complexity index is 616. The van der Waals surface area contributed by atoms with Gasteiger partial charge in [-0.15, -0.1) is 0 Å². The van der Waals surface area contributed by atoms with Crippen molar-refractivity contribution in [2.45, 2.75) is 33.2 Å². The number of nitrogens with one attached hydrogen (secondary N) is 2. The Hall–Kier alpha value is -2.50. The van der Waals surface area contributed by atoms with Gasteiger partial charge in [0.2, 0.25) is 5.91 Å². The molecule has 6 nitrogen and oxygen atoms in total. The molecule has 0 radical (unpaired) electrons. The van der Waals surface area contributed by atoms with Crippen molar-refractivity contribution < 1.29 is 19.1 Å². The lowest BCUT2D eigenvalue weighted by Gasteiger charge is -2.21. The van der Waals surface area contributed by atoms with E-state index < -0.39 is 5.54 Å². The smallest absolute Gasteiger partial charge is 0.268 e. The van der Waals surface area contributed by atoms with Crippen LogP contribution in [0.15, 0.2) is 23.9 Å². The first kappa shape index (κ1) is 18.5. The molecule has 0 unspecified atom stereocenters. The van der Waals surface area contributed by atoms with Crippen LogP contribution in [0.1, 0.15) is 33.3 Å². The molecule has 0 saturated heterocycles. The van der Waals surface area contributed by atoms with Crippen molar-refractivity contribution in [3.05, 3.63) is 29.5 Å². The van der Waals surface area contributed by atoms with Gasteiger partial charge in [0.15, 0.2) is 11.5 Å². The Morgan fingerprint density at radius 3 is 2.17 bits per heavy atom. The molecule has 2 N–H and O–H groups in total. The number of benzene rings is 1. The summed E-state index contributed by atoms with van der Waals surface area (Å²) in [6.07, 6.45) is 1.59. The fourth-order valence-corrected chi connectivity index (χ4v) is 1.87. The number of amides is 2. The molecule has 1 aromatic rings. The highest BCUT2D eigenvalue weighted by atomic mass is 16.5. The van der Waals surface area contributed by atoms with Gasteiger partial charge in [-0.05, 0) is 44.5 Å². The van der Waals surface area contributed by atoms with E-state index in [2.05, 4.69) is 10.6 Å². The van der Waals surface area contributed by atoms with E-state index in [-0.39, 0.29) is 17.5 Å². The molecule has 0 bridgehead atoms. The molecule has 0 spiro atoms. The highest BCUT2D eigenvalue weighted by Crippen LogP contribution is 2.28. The van der Waals surface area contributed by atoms with Crippen molar-refractivity contribution in [2.24, 2.45) is 0 Å². The molecule has 126 valence electrons. The van der Waals surface area contributed by atoms with Gasteiger partial charge in [-0.1, -0.05) is 6.07 Å². The Morgan fingerprint density at radius 2 is 1.70 bits per heavy atom. The molecule has 0 aromatic heterocycles. The summed E-state index contributed by atoms with van der Waals surface area (Å²) in [4.78, 5) is 23.7. The van der Waals surface area contributed by atoms with E-state index >= 15 is 0 Å². The number of rotatable bonds is 5. The third-order valence-corrected chi connectivity index (χ3v) is 2.76. The van der Waals surface area contributed by atoms with Crippen LogP contribution < -0.4 is 20.1 Å². The first-order chi connectivity index (χ1) is 10.7. The SMILES string of the molecule is COc1ccc(/C=C(/NC(C)=O)C(=O)NC(C)(C)C)cc1OC. The number of ether oxygens (including phenoxy) is 2. The zero-order chi connectivity index (χ0) is 17.6. The van der Waals surface area contributed by atoms with E-state index in [4.69, 9.17) is 9.47 Å². The maximum absolute atomic E-state index is 12.3. The Balaban J connectivity index is 3.18. The number of carbonyl (C=O) groups is 2. The number of hydrogen-bond acceptors (Lipinski definition) is 4. The van der Waals surface area contributed by atoms with E-state index in [0.29, 0.717) is 17.1 Å². The molecule has 23 heavy (non-hydrogen) atoms. The lowest BCUT2D eigenvalue weighted by Crippen LogP contribution is -2.44. The summed E-state index contributed by atoms with van der Waals surface area (Å²) in [5, 5.41) is 5.37. The standard InChI is InChI=1S/C17H24N2O4/c1-11(20)18-13(16(21)19-17(2,3)4)9-12-7-8-14(22-5)15(10-12)23-6/h7-10H,1-6H3,(H,18,20)(H,19,21)/b13-9+. The predicted octanol–water partition coefficient (Wildman–Crippen LogP) is 2.10. The average Bonchev–Trinajstić information content (AvgIpc) is 2.44. The second-order valence-corrected chi connectivity index (χ2v) is 6.06. The molecule has 0 heterocycles. The van der Waals surface area contributed by atoms with Gasteiger partial charge >= 0.3 is 0 Å². The van der Waals surface area contributed by atoms with Gasteiger partial charge in [0, 0.05) is 12.5 Å². The lowest BCUT2D eigenvalue weighted by molar-refractivity contribution is -0.123. The zero-order valence-electron chi connectivity index (χ0n) is 14.4. The Labute approximate surface area is 136 Å². The second-order valence-electron chi connectivity index (χ2n) is 6.06. The van der Waals surface area contributed by atoms with Gasteiger partial charge in [-0.25, -0.2) is 0 Å². The third-order valence-electron chi connectivity index (χ3n) is 2.76. The van der Waals surface area contributed by atoms with Gasteiger partial charge in [0.05, 0.1) is 14.2 Å². The van der Waals surface area contributed by atoms with E-state index in [1.54, 1.807) is 31.4 Å². The van der Waals surface area contributed by atoms with E-state index in [1.165, 1.54) is 14.0 Å². The van der Waals surface area contributed by atoms with Crippen molar-refractivity contribution in [2.75, 3.05) is 14.2 Å². The number of carbonyl (C=O) groups excluding carboxylic acids is 2. The van der Waals surface area contributed by atoms with Crippen molar-refractivity contribution in [3.63, 3.8) is 0 Å². The maximum atomic E-state index is 12.3. The molecule has 0 aliphatic rings. The van der Waals surface area contributed by atoms with Gasteiger partial charge in [0.1, 0.15) is 5.70 Å². The fourth-order valence-electron chi connectivity index (χ4n) is 1.87. The molecule has 0 saturated carbocycles. The summed E-state index contributed by atoms with van der Waals surface area (Å²) in [7, 11) is 3.08. The summed E-state index contributed by atoms with van der Waals surface area (Å²) in [6.45, 7) is 6.96. The van der Waals surface area contributed by atoms with Crippen LogP contribution in [0.5, 0.6) is 11.5 Å². The van der Waals surface area contributed by atoms with Gasteiger partial charge in [-0.2, -0.15) is 0 Å². The largest absolute Gasteiger partial charge is 0.493 e. The average molecular weight is 320 g/mol. The Morgan fingerprint density at radius 1 is 1.09 bits per heavy atom. The van der Waals surface area contributed by atoms with E-state index in [0.717, 1.165) is 0 Å². The maximum Gasteiger partial charge on any atom is 0.268 e. The van der Waals surface area contributed by atoms with Crippen molar-refractivity contribution in [1.29, 1.82) is 0 Å². The Kier molecular flexibility index (Phi) is 6.18. The molecule has 0 fully saturated rings.